The molecular weight excluding hydrogens is 529 g/mol. The largest absolute Gasteiger partial charge is 0.492 e. The zero-order valence-corrected chi connectivity index (χ0v) is 23.6. The molecule has 0 aromatic heterocycles. The standard InChI is InChI=1S/C31H31BClNO6/c1-30(2)31(3,4)40-32(39-30)20(15-19-13-14-27(33)25(16-19)28(35)36)17-34-29(37)38-18-26-23-11-7-5-9-21(23)22-10-6-8-12-24(22)26/h5-16,26H,17-18H2,1-4H3,(H,34,37)(H,35,36). The molecule has 0 unspecified atom stereocenters. The smallest absolute Gasteiger partial charge is 0.478 e. The molecule has 1 heterocycles. The number of rotatable bonds is 7. The zero-order chi connectivity index (χ0) is 28.7. The molecule has 40 heavy (non-hydrogen) atoms. The molecule has 5 rings (SSSR count). The summed E-state index contributed by atoms with van der Waals surface area (Å²) >= 11 is 6.06. The van der Waals surface area contributed by atoms with Gasteiger partial charge in [-0.3, -0.25) is 0 Å². The molecule has 7 nitrogen and oxygen atoms in total. The van der Waals surface area contributed by atoms with Crippen molar-refractivity contribution in [2.24, 2.45) is 0 Å². The number of carbonyl (C=O) groups is 2. The fraction of sp³-hybridized carbons (Fsp3) is 0.290. The van der Waals surface area contributed by atoms with Gasteiger partial charge in [0.1, 0.15) is 6.61 Å². The molecule has 3 aromatic carbocycles. The van der Waals surface area contributed by atoms with Gasteiger partial charge in [-0.05, 0) is 73.1 Å². The number of aromatic carboxylic acids is 1. The van der Waals surface area contributed by atoms with Crippen LogP contribution in [0.4, 0.5) is 4.79 Å². The fourth-order valence-electron chi connectivity index (χ4n) is 5.03. The second kappa shape index (κ2) is 10.8. The van der Waals surface area contributed by atoms with Crippen LogP contribution in [0.25, 0.3) is 17.2 Å². The Morgan fingerprint density at radius 1 is 0.975 bits per heavy atom. The molecule has 1 saturated heterocycles. The van der Waals surface area contributed by atoms with Crippen LogP contribution in [0.5, 0.6) is 0 Å². The van der Waals surface area contributed by atoms with Gasteiger partial charge in [0.05, 0.1) is 21.8 Å². The van der Waals surface area contributed by atoms with E-state index in [1.165, 1.54) is 12.1 Å². The number of carboxylic acid groups (broad SMARTS) is 1. The average Bonchev–Trinajstić information content (AvgIpc) is 3.35. The van der Waals surface area contributed by atoms with Crippen LogP contribution < -0.4 is 5.32 Å². The van der Waals surface area contributed by atoms with Crippen LogP contribution in [0.2, 0.25) is 5.02 Å². The van der Waals surface area contributed by atoms with Crippen molar-refractivity contribution in [3.8, 4) is 11.1 Å². The second-order valence-corrected chi connectivity index (χ2v) is 11.4. The van der Waals surface area contributed by atoms with Crippen LogP contribution in [0.1, 0.15) is 60.7 Å². The van der Waals surface area contributed by atoms with Gasteiger partial charge in [-0.15, -0.1) is 0 Å². The Labute approximate surface area is 239 Å². The molecule has 0 radical (unpaired) electrons. The monoisotopic (exact) mass is 559 g/mol. The highest BCUT2D eigenvalue weighted by Gasteiger charge is 2.52. The van der Waals surface area contributed by atoms with E-state index in [4.69, 9.17) is 25.6 Å². The average molecular weight is 560 g/mol. The molecule has 206 valence electrons. The first-order valence-corrected chi connectivity index (χ1v) is 13.5. The Balaban J connectivity index is 1.33. The number of alkyl carbamates (subject to hydrolysis) is 1. The van der Waals surface area contributed by atoms with Crippen LogP contribution in [-0.4, -0.2) is 48.6 Å². The summed E-state index contributed by atoms with van der Waals surface area (Å²) < 4.78 is 18.2. The number of amides is 1. The van der Waals surface area contributed by atoms with E-state index in [9.17, 15) is 14.7 Å². The van der Waals surface area contributed by atoms with Crippen LogP contribution >= 0.6 is 11.6 Å². The van der Waals surface area contributed by atoms with Crippen molar-refractivity contribution in [3.05, 3.63) is 99.5 Å². The van der Waals surface area contributed by atoms with Crippen molar-refractivity contribution in [2.75, 3.05) is 13.2 Å². The van der Waals surface area contributed by atoms with Gasteiger partial charge in [0, 0.05) is 12.5 Å². The van der Waals surface area contributed by atoms with Gasteiger partial charge in [0.15, 0.2) is 0 Å². The van der Waals surface area contributed by atoms with Gasteiger partial charge in [0.25, 0.3) is 0 Å². The Bertz CT molecular complexity index is 1440. The normalized spacial score (nSPS) is 17.3. The predicted octanol–water partition coefficient (Wildman–Crippen LogP) is 6.59. The van der Waals surface area contributed by atoms with E-state index in [1.807, 2.05) is 52.0 Å². The number of nitrogens with one attached hydrogen (secondary N) is 1. The molecule has 2 aliphatic rings. The van der Waals surface area contributed by atoms with Crippen molar-refractivity contribution < 1.29 is 28.7 Å². The summed E-state index contributed by atoms with van der Waals surface area (Å²) in [4.78, 5) is 24.5. The molecule has 1 amide bonds. The summed E-state index contributed by atoms with van der Waals surface area (Å²) in [5, 5.41) is 12.5. The number of carbonyl (C=O) groups excluding carboxylic acids is 1. The summed E-state index contributed by atoms with van der Waals surface area (Å²) in [5.41, 5.74) is 4.53. The van der Waals surface area contributed by atoms with E-state index in [1.54, 1.807) is 12.1 Å². The van der Waals surface area contributed by atoms with Gasteiger partial charge in [-0.25, -0.2) is 9.59 Å². The molecule has 1 aliphatic heterocycles. The summed E-state index contributed by atoms with van der Waals surface area (Å²) in [5.74, 6) is -1.19. The maximum atomic E-state index is 12.9. The molecule has 9 heteroatoms. The fourth-order valence-corrected chi connectivity index (χ4v) is 5.23. The second-order valence-electron chi connectivity index (χ2n) is 11.0. The van der Waals surface area contributed by atoms with Crippen molar-refractivity contribution in [1.82, 2.24) is 5.32 Å². The lowest BCUT2D eigenvalue weighted by molar-refractivity contribution is 0.00578. The molecule has 0 saturated carbocycles. The van der Waals surface area contributed by atoms with E-state index in [0.29, 0.717) is 11.0 Å². The Kier molecular flexibility index (Phi) is 7.53. The third-order valence-electron chi connectivity index (χ3n) is 7.91. The first kappa shape index (κ1) is 28.0. The third-order valence-corrected chi connectivity index (χ3v) is 8.24. The van der Waals surface area contributed by atoms with E-state index < -0.39 is 30.4 Å². The number of halogens is 1. The first-order chi connectivity index (χ1) is 19.0. The zero-order valence-electron chi connectivity index (χ0n) is 22.9. The van der Waals surface area contributed by atoms with Gasteiger partial charge in [-0.1, -0.05) is 72.3 Å². The van der Waals surface area contributed by atoms with E-state index >= 15 is 0 Å². The highest BCUT2D eigenvalue weighted by molar-refractivity contribution is 6.56. The van der Waals surface area contributed by atoms with Gasteiger partial charge < -0.3 is 24.5 Å². The minimum absolute atomic E-state index is 0.0202. The summed E-state index contributed by atoms with van der Waals surface area (Å²) in [6, 6.07) is 21.0. The number of ether oxygens (including phenoxy) is 1. The van der Waals surface area contributed by atoms with Crippen LogP contribution in [-0.2, 0) is 14.0 Å². The minimum Gasteiger partial charge on any atom is -0.478 e. The van der Waals surface area contributed by atoms with Gasteiger partial charge in [0.2, 0.25) is 0 Å². The molecule has 0 atom stereocenters. The summed E-state index contributed by atoms with van der Waals surface area (Å²) in [6.45, 7) is 8.01. The lowest BCUT2D eigenvalue weighted by atomic mass is 9.77. The number of hydrogen-bond acceptors (Lipinski definition) is 5. The van der Waals surface area contributed by atoms with E-state index in [2.05, 4.69) is 29.6 Å². The lowest BCUT2D eigenvalue weighted by Gasteiger charge is -2.32. The third kappa shape index (κ3) is 5.39. The SMILES string of the molecule is CC1(C)OB(C(=Cc2ccc(Cl)c(C(=O)O)c2)CNC(=O)OCC2c3ccccc3-c3ccccc32)OC1(C)C. The molecule has 0 bridgehead atoms. The van der Waals surface area contributed by atoms with Crippen molar-refractivity contribution in [3.63, 3.8) is 0 Å². The van der Waals surface area contributed by atoms with E-state index in [-0.39, 0.29) is 29.7 Å². The molecule has 1 aliphatic carbocycles. The lowest BCUT2D eigenvalue weighted by Crippen LogP contribution is -2.41. The maximum Gasteiger partial charge on any atom is 0.492 e. The molecular formula is C31H31BClNO6. The number of hydrogen-bond donors (Lipinski definition) is 2. The highest BCUT2D eigenvalue weighted by atomic mass is 35.5. The Morgan fingerprint density at radius 2 is 1.55 bits per heavy atom. The van der Waals surface area contributed by atoms with E-state index in [0.717, 1.165) is 22.3 Å². The van der Waals surface area contributed by atoms with Gasteiger partial charge in [-0.2, -0.15) is 0 Å². The maximum absolute atomic E-state index is 12.9. The highest BCUT2D eigenvalue weighted by Crippen LogP contribution is 2.44. The number of carboxylic acids is 1. The molecule has 2 N–H and O–H groups in total. The summed E-state index contributed by atoms with van der Waals surface area (Å²) in [7, 11) is -0.761. The van der Waals surface area contributed by atoms with Crippen LogP contribution in [0, 0.1) is 0 Å². The quantitative estimate of drug-likeness (QED) is 0.317. The van der Waals surface area contributed by atoms with Crippen LogP contribution in [0.15, 0.2) is 72.2 Å². The minimum atomic E-state index is -1.13. The topological polar surface area (TPSA) is 94.1 Å². The Hall–Kier alpha value is -3.59. The first-order valence-electron chi connectivity index (χ1n) is 13.1. The summed E-state index contributed by atoms with van der Waals surface area (Å²) in [6.07, 6.45) is 1.17. The molecule has 3 aromatic rings. The van der Waals surface area contributed by atoms with Gasteiger partial charge >= 0.3 is 19.2 Å². The molecule has 0 spiro atoms. The molecule has 1 fully saturated rings. The predicted molar refractivity (Wildman–Crippen MR) is 156 cm³/mol. The van der Waals surface area contributed by atoms with Crippen LogP contribution in [0.3, 0.4) is 0 Å². The Morgan fingerprint density at radius 3 is 2.12 bits per heavy atom. The van der Waals surface area contributed by atoms with Crippen molar-refractivity contribution >= 4 is 36.9 Å². The number of fused-ring (bicyclic) bond motifs is 3. The van der Waals surface area contributed by atoms with Crippen molar-refractivity contribution in [2.45, 2.75) is 44.8 Å². The van der Waals surface area contributed by atoms with Crippen molar-refractivity contribution in [1.29, 1.82) is 0 Å². The number of benzene rings is 3.